The van der Waals surface area contributed by atoms with Crippen molar-refractivity contribution < 1.29 is 22.6 Å². The maximum absolute atomic E-state index is 15.0. The molecule has 0 amide bonds. The van der Waals surface area contributed by atoms with Crippen LogP contribution < -0.4 is 4.74 Å². The van der Waals surface area contributed by atoms with Crippen molar-refractivity contribution in [2.75, 3.05) is 13.7 Å². The van der Waals surface area contributed by atoms with Crippen molar-refractivity contribution in [3.63, 3.8) is 0 Å². The van der Waals surface area contributed by atoms with E-state index < -0.39 is 11.6 Å². The number of halogens is 3. The van der Waals surface area contributed by atoms with Gasteiger partial charge in [-0.05, 0) is 60.2 Å². The quantitative estimate of drug-likeness (QED) is 0.246. The molecule has 2 nitrogen and oxygen atoms in total. The van der Waals surface area contributed by atoms with E-state index in [1.807, 2.05) is 25.1 Å². The first-order valence-corrected chi connectivity index (χ1v) is 11.6. The molecule has 5 heteroatoms. The third-order valence-corrected chi connectivity index (χ3v) is 6.03. The fraction of sp³-hybridized carbons (Fsp3) is 0.200. The molecular formula is C30H27F3O2. The smallest absolute Gasteiger partial charge is 0.167 e. The van der Waals surface area contributed by atoms with E-state index in [4.69, 9.17) is 9.47 Å². The van der Waals surface area contributed by atoms with Crippen LogP contribution in [0.1, 0.15) is 23.6 Å². The van der Waals surface area contributed by atoms with Gasteiger partial charge in [0.15, 0.2) is 11.6 Å². The minimum absolute atomic E-state index is 0.199. The molecule has 0 aliphatic rings. The Morgan fingerprint density at radius 3 is 1.74 bits per heavy atom. The number of methoxy groups -OCH3 is 1. The van der Waals surface area contributed by atoms with Crippen molar-refractivity contribution in [1.29, 1.82) is 0 Å². The van der Waals surface area contributed by atoms with Crippen LogP contribution >= 0.6 is 0 Å². The number of ether oxygens (including phenoxy) is 2. The van der Waals surface area contributed by atoms with Crippen LogP contribution in [0.2, 0.25) is 0 Å². The predicted octanol–water partition coefficient (Wildman–Crippen LogP) is 7.77. The van der Waals surface area contributed by atoms with Crippen molar-refractivity contribution >= 4 is 0 Å². The molecule has 0 bridgehead atoms. The Kier molecular flexibility index (Phi) is 7.88. The molecule has 4 rings (SSSR count). The summed E-state index contributed by atoms with van der Waals surface area (Å²) in [4.78, 5) is 0. The van der Waals surface area contributed by atoms with E-state index in [1.165, 1.54) is 0 Å². The zero-order valence-corrected chi connectivity index (χ0v) is 19.8. The first-order valence-electron chi connectivity index (χ1n) is 11.6. The Hall–Kier alpha value is -3.57. The highest BCUT2D eigenvalue weighted by Gasteiger charge is 2.16. The Labute approximate surface area is 204 Å². The Morgan fingerprint density at radius 1 is 0.657 bits per heavy atom. The van der Waals surface area contributed by atoms with Gasteiger partial charge in [-0.25, -0.2) is 13.2 Å². The number of hydrogen-bond acceptors (Lipinski definition) is 2. The maximum Gasteiger partial charge on any atom is 0.167 e. The summed E-state index contributed by atoms with van der Waals surface area (Å²) < 4.78 is 54.5. The average molecular weight is 477 g/mol. The number of hydrogen-bond donors (Lipinski definition) is 0. The molecule has 4 aromatic rings. The van der Waals surface area contributed by atoms with Crippen molar-refractivity contribution in [3.8, 4) is 28.0 Å². The molecule has 0 unspecified atom stereocenters. The summed E-state index contributed by atoms with van der Waals surface area (Å²) in [5.74, 6) is -1.38. The summed E-state index contributed by atoms with van der Waals surface area (Å²) in [6, 6.07) is 22.6. The highest BCUT2D eigenvalue weighted by molar-refractivity contribution is 5.72. The van der Waals surface area contributed by atoms with E-state index in [-0.39, 0.29) is 23.6 Å². The van der Waals surface area contributed by atoms with Crippen LogP contribution in [-0.2, 0) is 24.2 Å². The molecule has 0 aliphatic carbocycles. The number of aryl methyl sites for hydroxylation is 2. The van der Waals surface area contributed by atoms with E-state index in [9.17, 15) is 13.2 Å². The van der Waals surface area contributed by atoms with Crippen LogP contribution in [0, 0.1) is 17.5 Å². The molecular weight excluding hydrogens is 449 g/mol. The second-order valence-corrected chi connectivity index (χ2v) is 8.28. The first-order chi connectivity index (χ1) is 17.0. The Morgan fingerprint density at radius 2 is 1.20 bits per heavy atom. The fourth-order valence-corrected chi connectivity index (χ4v) is 3.98. The second-order valence-electron chi connectivity index (χ2n) is 8.28. The highest BCUT2D eigenvalue weighted by Crippen LogP contribution is 2.32. The largest absolute Gasteiger partial charge is 0.497 e. The number of rotatable bonds is 9. The molecule has 4 aromatic carbocycles. The lowest BCUT2D eigenvalue weighted by atomic mass is 9.97. The standard InChI is InChI=1S/C30H27F3O2/c1-3-35-19-24-11-8-21(18-28(24)31)5-4-20-6-9-22(10-7-20)26-16-17-27(30(33)29(26)32)23-12-14-25(34-2)15-13-23/h6-18H,3-5,19H2,1-2H3. The van der Waals surface area contributed by atoms with Gasteiger partial charge in [-0.2, -0.15) is 0 Å². The lowest BCUT2D eigenvalue weighted by Crippen LogP contribution is -1.98. The van der Waals surface area contributed by atoms with Gasteiger partial charge in [0.1, 0.15) is 11.6 Å². The molecule has 0 aromatic heterocycles. The molecule has 0 atom stereocenters. The minimum Gasteiger partial charge on any atom is -0.497 e. The van der Waals surface area contributed by atoms with Crippen LogP contribution in [0.25, 0.3) is 22.3 Å². The van der Waals surface area contributed by atoms with Crippen molar-refractivity contribution in [2.45, 2.75) is 26.4 Å². The Balaban J connectivity index is 1.45. The average Bonchev–Trinajstić information content (AvgIpc) is 2.89. The van der Waals surface area contributed by atoms with E-state index in [2.05, 4.69) is 0 Å². The van der Waals surface area contributed by atoms with Crippen LogP contribution in [0.3, 0.4) is 0 Å². The fourth-order valence-electron chi connectivity index (χ4n) is 3.98. The molecule has 0 N–H and O–H groups in total. The summed E-state index contributed by atoms with van der Waals surface area (Å²) >= 11 is 0. The zero-order valence-electron chi connectivity index (χ0n) is 19.8. The van der Waals surface area contributed by atoms with Crippen LogP contribution in [0.15, 0.2) is 78.9 Å². The normalized spacial score (nSPS) is 11.0. The van der Waals surface area contributed by atoms with E-state index in [1.54, 1.807) is 67.8 Å². The van der Waals surface area contributed by atoms with E-state index in [0.29, 0.717) is 41.9 Å². The molecule has 0 saturated carbocycles. The lowest BCUT2D eigenvalue weighted by molar-refractivity contribution is 0.131. The molecule has 0 radical (unpaired) electrons. The molecule has 0 heterocycles. The third-order valence-electron chi connectivity index (χ3n) is 6.03. The first kappa shape index (κ1) is 24.6. The molecule has 180 valence electrons. The topological polar surface area (TPSA) is 18.5 Å². The van der Waals surface area contributed by atoms with Crippen molar-refractivity contribution in [3.05, 3.63) is 113 Å². The van der Waals surface area contributed by atoms with Crippen molar-refractivity contribution in [2.24, 2.45) is 0 Å². The maximum atomic E-state index is 15.0. The SMILES string of the molecule is CCOCc1ccc(CCc2ccc(-c3ccc(-c4ccc(OC)cc4)c(F)c3F)cc2)cc1F. The molecule has 0 spiro atoms. The summed E-state index contributed by atoms with van der Waals surface area (Å²) in [6.07, 6.45) is 1.38. The Bertz CT molecular complexity index is 1280. The van der Waals surface area contributed by atoms with Crippen LogP contribution in [0.5, 0.6) is 5.75 Å². The minimum atomic E-state index is -0.883. The van der Waals surface area contributed by atoms with Gasteiger partial charge in [-0.3, -0.25) is 0 Å². The molecule has 0 aliphatic heterocycles. The van der Waals surface area contributed by atoms with Gasteiger partial charge in [0.2, 0.25) is 0 Å². The monoisotopic (exact) mass is 476 g/mol. The van der Waals surface area contributed by atoms with Crippen LogP contribution in [-0.4, -0.2) is 13.7 Å². The summed E-state index contributed by atoms with van der Waals surface area (Å²) in [5.41, 5.74) is 4.05. The van der Waals surface area contributed by atoms with Gasteiger partial charge in [0.05, 0.1) is 13.7 Å². The predicted molar refractivity (Wildman–Crippen MR) is 133 cm³/mol. The molecule has 0 fully saturated rings. The van der Waals surface area contributed by atoms with Gasteiger partial charge >= 0.3 is 0 Å². The lowest BCUT2D eigenvalue weighted by Gasteiger charge is -2.11. The van der Waals surface area contributed by atoms with E-state index >= 15 is 0 Å². The summed E-state index contributed by atoms with van der Waals surface area (Å²) in [6.45, 7) is 2.68. The van der Waals surface area contributed by atoms with Crippen molar-refractivity contribution in [1.82, 2.24) is 0 Å². The van der Waals surface area contributed by atoms with Gasteiger partial charge in [-0.15, -0.1) is 0 Å². The highest BCUT2D eigenvalue weighted by atomic mass is 19.2. The van der Waals surface area contributed by atoms with Gasteiger partial charge in [0, 0.05) is 23.3 Å². The second kappa shape index (κ2) is 11.2. The zero-order chi connectivity index (χ0) is 24.8. The van der Waals surface area contributed by atoms with Crippen LogP contribution in [0.4, 0.5) is 13.2 Å². The summed E-state index contributed by atoms with van der Waals surface area (Å²) in [5, 5.41) is 0. The third kappa shape index (κ3) is 5.75. The summed E-state index contributed by atoms with van der Waals surface area (Å²) in [7, 11) is 1.55. The van der Waals surface area contributed by atoms with Gasteiger partial charge in [-0.1, -0.05) is 60.7 Å². The van der Waals surface area contributed by atoms with Gasteiger partial charge < -0.3 is 9.47 Å². The van der Waals surface area contributed by atoms with E-state index in [0.717, 1.165) is 11.1 Å². The molecule has 0 saturated heterocycles. The molecule has 35 heavy (non-hydrogen) atoms. The number of benzene rings is 4. The van der Waals surface area contributed by atoms with Gasteiger partial charge in [0.25, 0.3) is 0 Å².